The van der Waals surface area contributed by atoms with Crippen molar-refractivity contribution in [3.05, 3.63) is 65.2 Å². The van der Waals surface area contributed by atoms with Crippen LogP contribution in [0.2, 0.25) is 0 Å². The number of hydrogen-bond acceptors (Lipinski definition) is 4. The number of amides is 1. The molecule has 1 aliphatic rings. The average molecular weight is 481 g/mol. The molecule has 1 unspecified atom stereocenters. The highest BCUT2D eigenvalue weighted by Crippen LogP contribution is 2.48. The van der Waals surface area contributed by atoms with Crippen molar-refractivity contribution in [3.63, 3.8) is 0 Å². The third-order valence-electron chi connectivity index (χ3n) is 7.30. The molecule has 2 N–H and O–H groups in total. The quantitative estimate of drug-likeness (QED) is 0.428. The predicted molar refractivity (Wildman–Crippen MR) is 137 cm³/mol. The van der Waals surface area contributed by atoms with Gasteiger partial charge in [0, 0.05) is 32.4 Å². The number of benzene rings is 2. The van der Waals surface area contributed by atoms with Crippen molar-refractivity contribution in [2.24, 2.45) is 5.92 Å². The van der Waals surface area contributed by atoms with E-state index in [2.05, 4.69) is 41.1 Å². The molecular weight excluding hydrogens is 443 g/mol. The van der Waals surface area contributed by atoms with E-state index in [1.54, 1.807) is 13.1 Å². The van der Waals surface area contributed by atoms with Crippen molar-refractivity contribution in [2.45, 2.75) is 57.5 Å². The number of alkyl carbamates (subject to hydrolysis) is 1. The Morgan fingerprint density at radius 3 is 2.83 bits per heavy atom. The van der Waals surface area contributed by atoms with E-state index in [9.17, 15) is 9.18 Å². The van der Waals surface area contributed by atoms with E-state index < -0.39 is 11.7 Å². The lowest BCUT2D eigenvalue weighted by Crippen LogP contribution is -2.49. The van der Waals surface area contributed by atoms with E-state index in [1.165, 1.54) is 6.07 Å². The van der Waals surface area contributed by atoms with Gasteiger partial charge in [-0.05, 0) is 74.2 Å². The molecule has 2 atom stereocenters. The second kappa shape index (κ2) is 10.8. The first kappa shape index (κ1) is 25.2. The molecule has 1 amide bonds. The number of aryl methyl sites for hydroxylation is 2. The van der Waals surface area contributed by atoms with Gasteiger partial charge in [-0.2, -0.15) is 0 Å². The summed E-state index contributed by atoms with van der Waals surface area (Å²) in [6, 6.07) is 13.1. The number of hydrogen-bond donors (Lipinski definition) is 2. The van der Waals surface area contributed by atoms with Crippen molar-refractivity contribution in [1.82, 2.24) is 20.2 Å². The number of nitrogens with zero attached hydrogens (tertiary/aromatic N) is 2. The van der Waals surface area contributed by atoms with Crippen LogP contribution in [0, 0.1) is 11.7 Å². The molecule has 1 aliphatic carbocycles. The minimum Gasteiger partial charge on any atom is -0.442 e. The smallest absolute Gasteiger partial charge is 0.407 e. The number of ether oxygens (including phenoxy) is 1. The summed E-state index contributed by atoms with van der Waals surface area (Å²) >= 11 is 0. The Morgan fingerprint density at radius 1 is 1.29 bits per heavy atom. The van der Waals surface area contributed by atoms with Crippen molar-refractivity contribution in [2.75, 3.05) is 27.2 Å². The number of H-pyrrole nitrogens is 1. The maximum Gasteiger partial charge on any atom is 0.407 e. The SMILES string of the molecule is CNC(=O)O[C@]1(CCN(C)CCCc2nc3ccccc3[nH]2)CCc2cc(F)ccc2C1C(C)C. The molecule has 7 heteroatoms. The molecule has 188 valence electrons. The van der Waals surface area contributed by atoms with Crippen molar-refractivity contribution >= 4 is 17.1 Å². The predicted octanol–water partition coefficient (Wildman–Crippen LogP) is 5.44. The minimum atomic E-state index is -0.633. The maximum absolute atomic E-state index is 13.9. The van der Waals surface area contributed by atoms with Crippen LogP contribution in [0.4, 0.5) is 9.18 Å². The van der Waals surface area contributed by atoms with Gasteiger partial charge < -0.3 is 19.9 Å². The summed E-state index contributed by atoms with van der Waals surface area (Å²) in [6.45, 7) is 6.03. The van der Waals surface area contributed by atoms with Crippen LogP contribution in [-0.2, 0) is 17.6 Å². The highest BCUT2D eigenvalue weighted by Gasteiger charge is 2.47. The zero-order valence-electron chi connectivity index (χ0n) is 21.2. The molecule has 1 aromatic heterocycles. The number of fused-ring (bicyclic) bond motifs is 2. The fraction of sp³-hybridized carbons (Fsp3) is 0.500. The number of aromatic nitrogens is 2. The highest BCUT2D eigenvalue weighted by molar-refractivity contribution is 5.74. The molecule has 0 bridgehead atoms. The maximum atomic E-state index is 13.9. The highest BCUT2D eigenvalue weighted by atomic mass is 19.1. The number of halogens is 1. The molecule has 4 rings (SSSR count). The van der Waals surface area contributed by atoms with Crippen molar-refractivity contribution in [1.29, 1.82) is 0 Å². The number of carbonyl (C=O) groups excluding carboxylic acids is 1. The standard InChI is InChI=1S/C28H37FN4O2/c1-19(2)26-22-12-11-21(29)18-20(22)13-14-28(26,35-27(34)30-3)15-17-33(4)16-7-10-25-31-23-8-5-6-9-24(23)32-25/h5-6,8-9,11-12,18-19,26H,7,10,13-17H2,1-4H3,(H,30,34)(H,31,32)/t26?,28-/m0/s1. The molecule has 0 fully saturated rings. The van der Waals surface area contributed by atoms with Gasteiger partial charge in [0.05, 0.1) is 11.0 Å². The van der Waals surface area contributed by atoms with E-state index in [0.717, 1.165) is 60.3 Å². The van der Waals surface area contributed by atoms with Crippen molar-refractivity contribution < 1.29 is 13.9 Å². The molecule has 3 aromatic rings. The van der Waals surface area contributed by atoms with Gasteiger partial charge in [-0.25, -0.2) is 14.2 Å². The van der Waals surface area contributed by atoms with Gasteiger partial charge in [-0.1, -0.05) is 32.0 Å². The van der Waals surface area contributed by atoms with Crippen LogP contribution < -0.4 is 5.32 Å². The first-order valence-electron chi connectivity index (χ1n) is 12.6. The van der Waals surface area contributed by atoms with Crippen LogP contribution in [0.3, 0.4) is 0 Å². The number of nitrogens with one attached hydrogen (secondary N) is 2. The minimum absolute atomic E-state index is 0.00750. The normalized spacial score (nSPS) is 19.8. The number of para-hydroxylation sites is 2. The Kier molecular flexibility index (Phi) is 7.75. The van der Waals surface area contributed by atoms with Gasteiger partial charge in [0.15, 0.2) is 0 Å². The average Bonchev–Trinajstić information content (AvgIpc) is 3.25. The van der Waals surface area contributed by atoms with E-state index in [4.69, 9.17) is 4.74 Å². The third kappa shape index (κ3) is 5.67. The van der Waals surface area contributed by atoms with Crippen LogP contribution >= 0.6 is 0 Å². The van der Waals surface area contributed by atoms with E-state index in [-0.39, 0.29) is 17.7 Å². The molecule has 0 saturated heterocycles. The van der Waals surface area contributed by atoms with Crippen LogP contribution in [0.5, 0.6) is 0 Å². The summed E-state index contributed by atoms with van der Waals surface area (Å²) in [5.74, 6) is 1.04. The van der Waals surface area contributed by atoms with Gasteiger partial charge in [0.25, 0.3) is 0 Å². The number of carbonyl (C=O) groups is 1. The molecule has 0 radical (unpaired) electrons. The van der Waals surface area contributed by atoms with Gasteiger partial charge >= 0.3 is 6.09 Å². The van der Waals surface area contributed by atoms with Gasteiger partial charge in [-0.3, -0.25) is 0 Å². The Bertz CT molecular complexity index is 1130. The second-order valence-corrected chi connectivity index (χ2v) is 10.1. The third-order valence-corrected chi connectivity index (χ3v) is 7.30. The Hall–Kier alpha value is -2.93. The van der Waals surface area contributed by atoms with Crippen LogP contribution in [0.25, 0.3) is 11.0 Å². The first-order chi connectivity index (χ1) is 16.8. The molecule has 0 saturated carbocycles. The largest absolute Gasteiger partial charge is 0.442 e. The van der Waals surface area contributed by atoms with E-state index in [0.29, 0.717) is 12.8 Å². The lowest BCUT2D eigenvalue weighted by atomic mass is 9.65. The van der Waals surface area contributed by atoms with Gasteiger partial charge in [-0.15, -0.1) is 0 Å². The summed E-state index contributed by atoms with van der Waals surface area (Å²) < 4.78 is 20.1. The molecule has 1 heterocycles. The lowest BCUT2D eigenvalue weighted by molar-refractivity contribution is -0.0435. The Morgan fingerprint density at radius 2 is 2.09 bits per heavy atom. The van der Waals surface area contributed by atoms with Crippen LogP contribution in [0.15, 0.2) is 42.5 Å². The fourth-order valence-corrected chi connectivity index (χ4v) is 5.66. The molecule has 35 heavy (non-hydrogen) atoms. The molecule has 6 nitrogen and oxygen atoms in total. The van der Waals surface area contributed by atoms with Gasteiger partial charge in [0.2, 0.25) is 0 Å². The van der Waals surface area contributed by atoms with E-state index in [1.807, 2.05) is 30.3 Å². The number of rotatable bonds is 9. The topological polar surface area (TPSA) is 70.2 Å². The monoisotopic (exact) mass is 480 g/mol. The Balaban J connectivity index is 1.43. The number of imidazole rings is 1. The molecule has 0 aliphatic heterocycles. The number of aromatic amines is 1. The zero-order chi connectivity index (χ0) is 25.0. The molecule has 2 aromatic carbocycles. The summed E-state index contributed by atoms with van der Waals surface area (Å²) in [6.07, 6.45) is 3.56. The zero-order valence-corrected chi connectivity index (χ0v) is 21.2. The summed E-state index contributed by atoms with van der Waals surface area (Å²) in [5, 5.41) is 2.64. The van der Waals surface area contributed by atoms with Crippen LogP contribution in [-0.4, -0.2) is 53.7 Å². The Labute approximate surface area is 207 Å². The first-order valence-corrected chi connectivity index (χ1v) is 12.6. The summed E-state index contributed by atoms with van der Waals surface area (Å²) in [5.41, 5.74) is 3.57. The van der Waals surface area contributed by atoms with Crippen LogP contribution in [0.1, 0.15) is 56.0 Å². The molecule has 0 spiro atoms. The lowest BCUT2D eigenvalue weighted by Gasteiger charge is -2.47. The van der Waals surface area contributed by atoms with Crippen molar-refractivity contribution in [3.8, 4) is 0 Å². The van der Waals surface area contributed by atoms with Gasteiger partial charge in [0.1, 0.15) is 17.2 Å². The summed E-state index contributed by atoms with van der Waals surface area (Å²) in [4.78, 5) is 22.8. The summed E-state index contributed by atoms with van der Waals surface area (Å²) in [7, 11) is 3.71. The molecular formula is C28H37FN4O2. The second-order valence-electron chi connectivity index (χ2n) is 10.1. The van der Waals surface area contributed by atoms with E-state index >= 15 is 0 Å². The fourth-order valence-electron chi connectivity index (χ4n) is 5.66.